The molecule has 0 radical (unpaired) electrons. The van der Waals surface area contributed by atoms with Crippen LogP contribution in [0.1, 0.15) is 6.42 Å². The molecule has 1 aromatic heterocycles. The Morgan fingerprint density at radius 2 is 2.24 bits per heavy atom. The summed E-state index contributed by atoms with van der Waals surface area (Å²) in [5.74, 6) is 0.176. The average molecular weight is 370 g/mol. The fourth-order valence-electron chi connectivity index (χ4n) is 2.22. The number of aromatic nitrogens is 1. The lowest BCUT2D eigenvalue weighted by Gasteiger charge is -2.26. The third-order valence-corrected chi connectivity index (χ3v) is 4.80. The first-order valence-electron chi connectivity index (χ1n) is 6.88. The van der Waals surface area contributed by atoms with Gasteiger partial charge in [0.25, 0.3) is 0 Å². The number of hydrogen-bond donors (Lipinski definition) is 1. The van der Waals surface area contributed by atoms with Crippen LogP contribution in [0.15, 0.2) is 22.7 Å². The normalized spacial score (nSPS) is 15.4. The lowest BCUT2D eigenvalue weighted by atomic mass is 10.3. The van der Waals surface area contributed by atoms with E-state index in [1.54, 1.807) is 11.3 Å². The summed E-state index contributed by atoms with van der Waals surface area (Å²) in [6, 6.07) is 6.02. The Balaban J connectivity index is 1.53. The van der Waals surface area contributed by atoms with Gasteiger partial charge in [-0.3, -0.25) is 4.79 Å². The second kappa shape index (κ2) is 6.72. The molecule has 21 heavy (non-hydrogen) atoms. The molecule has 1 fully saturated rings. The number of benzene rings is 1. The molecule has 1 aliphatic heterocycles. The molecule has 112 valence electrons. The lowest BCUT2D eigenvalue weighted by Crippen LogP contribution is -2.41. The van der Waals surface area contributed by atoms with Crippen LogP contribution in [0.3, 0.4) is 0 Å². The number of carbonyl (C=O) groups is 1. The molecule has 0 unspecified atom stereocenters. The van der Waals surface area contributed by atoms with Crippen molar-refractivity contribution in [3.05, 3.63) is 22.7 Å². The number of amides is 1. The van der Waals surface area contributed by atoms with Crippen LogP contribution in [-0.2, 0) is 9.53 Å². The molecule has 5 nitrogen and oxygen atoms in total. The zero-order valence-corrected chi connectivity index (χ0v) is 13.9. The van der Waals surface area contributed by atoms with Crippen molar-refractivity contribution in [2.75, 3.05) is 38.2 Å². The first-order valence-corrected chi connectivity index (χ1v) is 8.49. The number of nitrogens with zero attached hydrogens (tertiary/aromatic N) is 2. The number of carbonyl (C=O) groups excluding carboxylic acids is 1. The highest BCUT2D eigenvalue weighted by Gasteiger charge is 2.16. The molecule has 2 heterocycles. The summed E-state index contributed by atoms with van der Waals surface area (Å²) in [7, 11) is 0. The van der Waals surface area contributed by atoms with Crippen molar-refractivity contribution in [3.8, 4) is 0 Å². The number of ether oxygens (including phenoxy) is 1. The predicted octanol–water partition coefficient (Wildman–Crippen LogP) is 2.72. The smallest absolute Gasteiger partial charge is 0.224 e. The maximum atomic E-state index is 12.0. The van der Waals surface area contributed by atoms with Crippen molar-refractivity contribution in [1.29, 1.82) is 0 Å². The van der Waals surface area contributed by atoms with Gasteiger partial charge in [0.2, 0.25) is 5.91 Å². The van der Waals surface area contributed by atoms with Gasteiger partial charge in [-0.25, -0.2) is 4.98 Å². The number of anilines is 1. The number of rotatable bonds is 4. The Morgan fingerprint density at radius 3 is 3.05 bits per heavy atom. The Labute approximate surface area is 135 Å². The van der Waals surface area contributed by atoms with Gasteiger partial charge in [0.15, 0.2) is 5.13 Å². The molecular weight excluding hydrogens is 354 g/mol. The second-order valence-corrected chi connectivity index (χ2v) is 6.75. The molecule has 3 rings (SSSR count). The van der Waals surface area contributed by atoms with Crippen LogP contribution in [0.4, 0.5) is 5.13 Å². The SMILES string of the molecule is O=C(CCNc1nc2ccc(Br)cc2s1)N1CCOCC1. The third-order valence-electron chi connectivity index (χ3n) is 3.33. The molecule has 1 aromatic carbocycles. The van der Waals surface area contributed by atoms with Crippen molar-refractivity contribution in [3.63, 3.8) is 0 Å². The van der Waals surface area contributed by atoms with E-state index >= 15 is 0 Å². The summed E-state index contributed by atoms with van der Waals surface area (Å²) in [6.07, 6.45) is 0.486. The van der Waals surface area contributed by atoms with E-state index in [9.17, 15) is 4.79 Å². The largest absolute Gasteiger partial charge is 0.378 e. The fraction of sp³-hybridized carbons (Fsp3) is 0.429. The Morgan fingerprint density at radius 1 is 1.43 bits per heavy atom. The van der Waals surface area contributed by atoms with Gasteiger partial charge in [0.05, 0.1) is 23.4 Å². The summed E-state index contributed by atoms with van der Waals surface area (Å²) >= 11 is 5.06. The summed E-state index contributed by atoms with van der Waals surface area (Å²) in [6.45, 7) is 3.30. The first-order chi connectivity index (χ1) is 10.2. The van der Waals surface area contributed by atoms with Crippen LogP contribution in [0.25, 0.3) is 10.2 Å². The molecule has 0 saturated carbocycles. The predicted molar refractivity (Wildman–Crippen MR) is 87.8 cm³/mol. The van der Waals surface area contributed by atoms with Crippen molar-refractivity contribution in [2.24, 2.45) is 0 Å². The fourth-order valence-corrected chi connectivity index (χ4v) is 3.66. The van der Waals surface area contributed by atoms with Crippen molar-refractivity contribution in [2.45, 2.75) is 6.42 Å². The van der Waals surface area contributed by atoms with Gasteiger partial charge >= 0.3 is 0 Å². The molecule has 1 saturated heterocycles. The minimum atomic E-state index is 0.176. The molecule has 0 aliphatic carbocycles. The van der Waals surface area contributed by atoms with Gasteiger partial charge in [0.1, 0.15) is 0 Å². The number of morpholine rings is 1. The number of thiazole rings is 1. The lowest BCUT2D eigenvalue weighted by molar-refractivity contribution is -0.134. The van der Waals surface area contributed by atoms with Crippen molar-refractivity contribution in [1.82, 2.24) is 9.88 Å². The van der Waals surface area contributed by atoms with Crippen LogP contribution < -0.4 is 5.32 Å². The first kappa shape index (κ1) is 14.7. The van der Waals surface area contributed by atoms with Gasteiger partial charge < -0.3 is 15.0 Å². The van der Waals surface area contributed by atoms with Gasteiger partial charge in [-0.1, -0.05) is 27.3 Å². The monoisotopic (exact) mass is 369 g/mol. The van der Waals surface area contributed by atoms with E-state index in [1.165, 1.54) is 0 Å². The number of fused-ring (bicyclic) bond motifs is 1. The number of hydrogen-bond acceptors (Lipinski definition) is 5. The molecule has 0 bridgehead atoms. The zero-order valence-electron chi connectivity index (χ0n) is 11.5. The summed E-state index contributed by atoms with van der Waals surface area (Å²) < 4.78 is 7.42. The summed E-state index contributed by atoms with van der Waals surface area (Å²) in [4.78, 5) is 18.4. The minimum Gasteiger partial charge on any atom is -0.378 e. The highest BCUT2D eigenvalue weighted by Crippen LogP contribution is 2.28. The van der Waals surface area contributed by atoms with Gasteiger partial charge in [0, 0.05) is 30.5 Å². The number of halogens is 1. The Hall–Kier alpha value is -1.18. The van der Waals surface area contributed by atoms with E-state index in [0.717, 1.165) is 19.8 Å². The second-order valence-electron chi connectivity index (χ2n) is 4.80. The van der Waals surface area contributed by atoms with Crippen LogP contribution in [0, 0.1) is 0 Å². The minimum absolute atomic E-state index is 0.176. The van der Waals surface area contributed by atoms with Crippen LogP contribution in [-0.4, -0.2) is 48.6 Å². The van der Waals surface area contributed by atoms with Gasteiger partial charge in [-0.05, 0) is 18.2 Å². The quantitative estimate of drug-likeness (QED) is 0.899. The molecule has 0 atom stereocenters. The molecular formula is C14H16BrN3O2S. The average Bonchev–Trinajstić information content (AvgIpc) is 2.89. The van der Waals surface area contributed by atoms with E-state index < -0.39 is 0 Å². The maximum absolute atomic E-state index is 12.0. The van der Waals surface area contributed by atoms with E-state index in [0.29, 0.717) is 39.3 Å². The Bertz CT molecular complexity index is 640. The molecule has 7 heteroatoms. The molecule has 1 amide bonds. The van der Waals surface area contributed by atoms with Crippen LogP contribution in [0.5, 0.6) is 0 Å². The van der Waals surface area contributed by atoms with E-state index in [4.69, 9.17) is 4.74 Å². The highest BCUT2D eigenvalue weighted by molar-refractivity contribution is 9.10. The van der Waals surface area contributed by atoms with Gasteiger partial charge in [-0.15, -0.1) is 0 Å². The maximum Gasteiger partial charge on any atom is 0.224 e. The third kappa shape index (κ3) is 3.72. The molecule has 2 aromatic rings. The van der Waals surface area contributed by atoms with Crippen molar-refractivity contribution >= 4 is 48.5 Å². The Kier molecular flexibility index (Phi) is 4.72. The summed E-state index contributed by atoms with van der Waals surface area (Å²) in [5, 5.41) is 4.10. The van der Waals surface area contributed by atoms with Gasteiger partial charge in [-0.2, -0.15) is 0 Å². The van der Waals surface area contributed by atoms with Crippen LogP contribution >= 0.6 is 27.3 Å². The highest BCUT2D eigenvalue weighted by atomic mass is 79.9. The standard InChI is InChI=1S/C14H16BrN3O2S/c15-10-1-2-11-12(9-10)21-14(17-11)16-4-3-13(19)18-5-7-20-8-6-18/h1-2,9H,3-8H2,(H,16,17). The molecule has 0 spiro atoms. The van der Waals surface area contributed by atoms with E-state index in [2.05, 4.69) is 32.3 Å². The van der Waals surface area contributed by atoms with E-state index in [1.807, 2.05) is 17.0 Å². The van der Waals surface area contributed by atoms with E-state index in [-0.39, 0.29) is 5.91 Å². The zero-order chi connectivity index (χ0) is 14.7. The topological polar surface area (TPSA) is 54.5 Å². The number of nitrogens with one attached hydrogen (secondary N) is 1. The van der Waals surface area contributed by atoms with Crippen molar-refractivity contribution < 1.29 is 9.53 Å². The molecule has 1 N–H and O–H groups in total. The summed E-state index contributed by atoms with van der Waals surface area (Å²) in [5.41, 5.74) is 0.977. The van der Waals surface area contributed by atoms with Crippen LogP contribution in [0.2, 0.25) is 0 Å². The molecule has 1 aliphatic rings.